The molecule has 0 aliphatic carbocycles. The topological polar surface area (TPSA) is 54.0 Å². The average Bonchev–Trinajstić information content (AvgIpc) is 2.55. The van der Waals surface area contributed by atoms with Gasteiger partial charge in [-0.2, -0.15) is 0 Å². The molecule has 0 N–H and O–H groups in total. The average molecular weight is 553 g/mol. The first-order chi connectivity index (χ1) is 13.8. The Balaban J connectivity index is 3.55. The minimum absolute atomic E-state index is 0.215. The summed E-state index contributed by atoms with van der Waals surface area (Å²) in [5.41, 5.74) is 0.538. The predicted molar refractivity (Wildman–Crippen MR) is 152 cm³/mol. The standard InChI is InChI=1S/C19H48O5Si7/c1-16(2)31(26-29(9,10)30(31,11)12)24-19(23-28(6,7)8)17(22-27(3,4)5)18(20)21-14-13-15-25/h16H,13-15,26H2,1-12,25H3. The minimum Gasteiger partial charge on any atom is -0.535 e. The second-order valence-electron chi connectivity index (χ2n) is 12.4. The molecule has 0 aromatic carbocycles. The van der Waals surface area contributed by atoms with Gasteiger partial charge in [0, 0.05) is 17.4 Å². The van der Waals surface area contributed by atoms with Crippen molar-refractivity contribution in [3.05, 3.63) is 11.7 Å². The third-order valence-corrected chi connectivity index (χ3v) is 98.3. The molecule has 1 rings (SSSR count). The summed E-state index contributed by atoms with van der Waals surface area (Å²) >= 11 is 0. The monoisotopic (exact) mass is 552 g/mol. The van der Waals surface area contributed by atoms with Crippen LogP contribution in [0.3, 0.4) is 0 Å². The summed E-state index contributed by atoms with van der Waals surface area (Å²) in [6, 6.07) is 1.12. The van der Waals surface area contributed by atoms with Crippen molar-refractivity contribution < 1.29 is 22.8 Å². The van der Waals surface area contributed by atoms with Gasteiger partial charge >= 0.3 is 11.9 Å². The fourth-order valence-corrected chi connectivity index (χ4v) is 117. The summed E-state index contributed by atoms with van der Waals surface area (Å²) in [6.45, 7) is 28.1. The van der Waals surface area contributed by atoms with Gasteiger partial charge in [0.1, 0.15) is 0 Å². The van der Waals surface area contributed by atoms with Crippen molar-refractivity contribution in [3.63, 3.8) is 0 Å². The maximum absolute atomic E-state index is 13.2. The van der Waals surface area contributed by atoms with Crippen LogP contribution >= 0.6 is 0 Å². The van der Waals surface area contributed by atoms with Crippen molar-refractivity contribution in [2.45, 2.75) is 97.3 Å². The van der Waals surface area contributed by atoms with Crippen molar-refractivity contribution in [3.8, 4) is 0 Å². The maximum Gasteiger partial charge on any atom is 0.379 e. The van der Waals surface area contributed by atoms with Crippen molar-refractivity contribution >= 4 is 63.0 Å². The summed E-state index contributed by atoms with van der Waals surface area (Å²) in [6.07, 6.45) is 0.903. The lowest BCUT2D eigenvalue weighted by atomic mass is 10.5. The first-order valence-corrected chi connectivity index (χ1v) is 34.7. The van der Waals surface area contributed by atoms with E-state index in [1.807, 2.05) is 0 Å². The Hall–Kier alpha value is 0.128. The van der Waals surface area contributed by atoms with Crippen molar-refractivity contribution in [2.24, 2.45) is 0 Å². The molecule has 0 radical (unpaired) electrons. The SMILES string of the molecule is CC(C)[Si]1(OC(O[Si](C)(C)C)=C(O[Si](C)(C)C)C(=O)OCCC[SiH3])[SiH2][Si](C)(C)[Si]1(C)C. The van der Waals surface area contributed by atoms with Gasteiger partial charge in [-0.15, -0.1) is 0 Å². The lowest BCUT2D eigenvalue weighted by Crippen LogP contribution is -2.93. The molecule has 0 bridgehead atoms. The van der Waals surface area contributed by atoms with Crippen LogP contribution in [-0.2, 0) is 22.8 Å². The Kier molecular flexibility index (Phi) is 9.57. The molecule has 1 atom stereocenters. The Bertz CT molecular complexity index is 680. The largest absolute Gasteiger partial charge is 0.535 e. The van der Waals surface area contributed by atoms with E-state index < -0.39 is 44.2 Å². The molecule has 31 heavy (non-hydrogen) atoms. The Morgan fingerprint density at radius 3 is 1.84 bits per heavy atom. The Morgan fingerprint density at radius 1 is 0.968 bits per heavy atom. The fraction of sp³-hybridized carbons (Fsp3) is 0.842. The van der Waals surface area contributed by atoms with E-state index in [4.69, 9.17) is 18.0 Å². The van der Waals surface area contributed by atoms with Gasteiger partial charge in [0.05, 0.1) is 22.3 Å². The molecule has 0 spiro atoms. The highest BCUT2D eigenvalue weighted by Gasteiger charge is 2.73. The molecule has 1 aliphatic rings. The molecule has 1 heterocycles. The van der Waals surface area contributed by atoms with E-state index in [-0.39, 0.29) is 14.3 Å². The number of ether oxygens (including phenoxy) is 1. The van der Waals surface area contributed by atoms with E-state index in [2.05, 4.69) is 79.3 Å². The van der Waals surface area contributed by atoms with Gasteiger partial charge < -0.3 is 18.0 Å². The third-order valence-electron chi connectivity index (χ3n) is 6.57. The first kappa shape index (κ1) is 29.2. The summed E-state index contributed by atoms with van der Waals surface area (Å²) < 4.78 is 25.6. The molecule has 1 unspecified atom stereocenters. The number of hydrogen-bond acceptors (Lipinski definition) is 5. The lowest BCUT2D eigenvalue weighted by molar-refractivity contribution is -0.142. The molecule has 1 fully saturated rings. The second-order valence-corrected chi connectivity index (χ2v) is 65.3. The molecular formula is C19H48O5Si7. The zero-order valence-electron chi connectivity index (χ0n) is 22.4. The predicted octanol–water partition coefficient (Wildman–Crippen LogP) is 3.70. The zero-order valence-corrected chi connectivity index (χ0v) is 30.9. The number of hydrogen-bond donors (Lipinski definition) is 0. The molecule has 0 amide bonds. The highest BCUT2D eigenvalue weighted by molar-refractivity contribution is 8.04. The maximum atomic E-state index is 13.2. The van der Waals surface area contributed by atoms with Crippen LogP contribution in [-0.4, -0.2) is 69.6 Å². The van der Waals surface area contributed by atoms with E-state index in [1.54, 1.807) is 0 Å². The quantitative estimate of drug-likeness (QED) is 0.129. The third kappa shape index (κ3) is 7.05. The van der Waals surface area contributed by atoms with Crippen LogP contribution in [0.5, 0.6) is 0 Å². The summed E-state index contributed by atoms with van der Waals surface area (Å²) in [7, 11) is -7.88. The number of rotatable bonds is 11. The molecule has 12 heteroatoms. The zero-order chi connectivity index (χ0) is 24.5. The van der Waals surface area contributed by atoms with Crippen LogP contribution in [0.25, 0.3) is 0 Å². The molecule has 182 valence electrons. The van der Waals surface area contributed by atoms with Gasteiger partial charge in [0.15, 0.2) is 0 Å². The molecule has 0 aromatic rings. The van der Waals surface area contributed by atoms with E-state index in [0.717, 1.165) is 22.7 Å². The van der Waals surface area contributed by atoms with Crippen LogP contribution < -0.4 is 0 Å². The minimum atomic E-state index is -2.08. The summed E-state index contributed by atoms with van der Waals surface area (Å²) in [4.78, 5) is 13.2. The number of carbonyl (C=O) groups excluding carboxylic acids is 1. The first-order valence-electron chi connectivity index (χ1n) is 11.8. The molecule has 0 saturated carbocycles. The molecular weight excluding hydrogens is 505 g/mol. The van der Waals surface area contributed by atoms with Crippen LogP contribution in [0.4, 0.5) is 0 Å². The number of carbonyl (C=O) groups is 1. The smallest absolute Gasteiger partial charge is 0.379 e. The van der Waals surface area contributed by atoms with Crippen LogP contribution in [0, 0.1) is 0 Å². The van der Waals surface area contributed by atoms with E-state index in [1.165, 1.54) is 0 Å². The fourth-order valence-electron chi connectivity index (χ4n) is 4.18. The van der Waals surface area contributed by atoms with Crippen molar-refractivity contribution in [1.29, 1.82) is 0 Å². The molecule has 1 aliphatic heterocycles. The van der Waals surface area contributed by atoms with Crippen LogP contribution in [0.1, 0.15) is 20.3 Å². The molecule has 0 aromatic heterocycles. The number of esters is 1. The lowest BCUT2D eigenvalue weighted by Gasteiger charge is -2.63. The molecule has 1 saturated heterocycles. The van der Waals surface area contributed by atoms with Crippen molar-refractivity contribution in [1.82, 2.24) is 0 Å². The van der Waals surface area contributed by atoms with Gasteiger partial charge in [-0.3, -0.25) is 0 Å². The normalized spacial score (nSPS) is 24.4. The highest BCUT2D eigenvalue weighted by atomic mass is 30.2. The summed E-state index contributed by atoms with van der Waals surface area (Å²) in [5.74, 6) is 0.193. The Labute approximate surface area is 200 Å². The van der Waals surface area contributed by atoms with Gasteiger partial charge in [0.25, 0.3) is 5.76 Å². The van der Waals surface area contributed by atoms with Gasteiger partial charge in [-0.05, 0) is 51.2 Å². The van der Waals surface area contributed by atoms with Crippen LogP contribution in [0.2, 0.25) is 77.1 Å². The van der Waals surface area contributed by atoms with Crippen LogP contribution in [0.15, 0.2) is 11.7 Å². The van der Waals surface area contributed by atoms with E-state index in [0.29, 0.717) is 18.1 Å². The molecule has 5 nitrogen and oxygen atoms in total. The van der Waals surface area contributed by atoms with Gasteiger partial charge in [0.2, 0.25) is 24.0 Å². The Morgan fingerprint density at radius 2 is 1.48 bits per heavy atom. The van der Waals surface area contributed by atoms with Crippen molar-refractivity contribution in [2.75, 3.05) is 6.61 Å². The van der Waals surface area contributed by atoms with E-state index in [9.17, 15) is 4.79 Å². The highest BCUT2D eigenvalue weighted by Crippen LogP contribution is 2.47. The van der Waals surface area contributed by atoms with Gasteiger partial charge in [-0.1, -0.05) is 46.1 Å². The second kappa shape index (κ2) is 10.2. The van der Waals surface area contributed by atoms with Gasteiger partial charge in [-0.25, -0.2) is 4.79 Å². The summed E-state index contributed by atoms with van der Waals surface area (Å²) in [5, 5.41) is 0. The van der Waals surface area contributed by atoms with E-state index >= 15 is 0 Å².